The standard InChI is InChI=1S/C16H16BrNO2/c1-18(10-9-12-5-3-2-4-6-12)13-7-8-14(16(19)20)15(17)11-13/h2-8,11H,9-10H2,1H3,(H,19,20). The summed E-state index contributed by atoms with van der Waals surface area (Å²) in [7, 11) is 2.01. The first-order chi connectivity index (χ1) is 9.58. The maximum atomic E-state index is 11.0. The smallest absolute Gasteiger partial charge is 0.336 e. The molecular formula is C16H16BrNO2. The molecule has 0 aliphatic rings. The molecule has 0 atom stereocenters. The van der Waals surface area contributed by atoms with Crippen LogP contribution in [0.3, 0.4) is 0 Å². The van der Waals surface area contributed by atoms with Gasteiger partial charge in [-0.2, -0.15) is 0 Å². The molecular weight excluding hydrogens is 318 g/mol. The Morgan fingerprint density at radius 2 is 1.90 bits per heavy atom. The molecule has 0 radical (unpaired) electrons. The highest BCUT2D eigenvalue weighted by molar-refractivity contribution is 9.10. The fourth-order valence-electron chi connectivity index (χ4n) is 1.99. The zero-order chi connectivity index (χ0) is 14.5. The van der Waals surface area contributed by atoms with Gasteiger partial charge >= 0.3 is 5.97 Å². The third kappa shape index (κ3) is 3.61. The zero-order valence-electron chi connectivity index (χ0n) is 11.2. The highest BCUT2D eigenvalue weighted by Crippen LogP contribution is 2.23. The Morgan fingerprint density at radius 1 is 1.20 bits per heavy atom. The number of aromatic carboxylic acids is 1. The number of nitrogens with zero attached hydrogens (tertiary/aromatic N) is 1. The van der Waals surface area contributed by atoms with Gasteiger partial charge in [0.15, 0.2) is 0 Å². The molecule has 0 aromatic heterocycles. The second-order valence-corrected chi connectivity index (χ2v) is 5.48. The van der Waals surface area contributed by atoms with Gasteiger partial charge in [0.2, 0.25) is 0 Å². The van der Waals surface area contributed by atoms with Gasteiger partial charge in [-0.3, -0.25) is 0 Å². The molecule has 2 rings (SSSR count). The summed E-state index contributed by atoms with van der Waals surface area (Å²) in [5.74, 6) is -0.921. The molecule has 2 aromatic carbocycles. The van der Waals surface area contributed by atoms with Crippen molar-refractivity contribution in [1.82, 2.24) is 0 Å². The highest BCUT2D eigenvalue weighted by atomic mass is 79.9. The third-order valence-corrected chi connectivity index (χ3v) is 3.86. The van der Waals surface area contributed by atoms with E-state index in [4.69, 9.17) is 5.11 Å². The highest BCUT2D eigenvalue weighted by Gasteiger charge is 2.10. The maximum Gasteiger partial charge on any atom is 0.336 e. The molecule has 0 spiro atoms. The summed E-state index contributed by atoms with van der Waals surface area (Å²) in [6, 6.07) is 15.6. The van der Waals surface area contributed by atoms with Crippen LogP contribution in [0.2, 0.25) is 0 Å². The van der Waals surface area contributed by atoms with E-state index in [9.17, 15) is 4.79 Å². The fourth-order valence-corrected chi connectivity index (χ4v) is 2.52. The Hall–Kier alpha value is -1.81. The topological polar surface area (TPSA) is 40.5 Å². The Labute approximate surface area is 127 Å². The van der Waals surface area contributed by atoms with Crippen molar-refractivity contribution in [2.75, 3.05) is 18.5 Å². The maximum absolute atomic E-state index is 11.0. The first kappa shape index (κ1) is 14.6. The van der Waals surface area contributed by atoms with Crippen molar-refractivity contribution in [3.8, 4) is 0 Å². The van der Waals surface area contributed by atoms with Crippen molar-refractivity contribution < 1.29 is 9.90 Å². The van der Waals surface area contributed by atoms with Crippen LogP contribution in [0.5, 0.6) is 0 Å². The van der Waals surface area contributed by atoms with Crippen molar-refractivity contribution in [1.29, 1.82) is 0 Å². The van der Waals surface area contributed by atoms with Gasteiger partial charge in [-0.25, -0.2) is 4.79 Å². The van der Waals surface area contributed by atoms with Gasteiger partial charge in [-0.15, -0.1) is 0 Å². The average molecular weight is 334 g/mol. The zero-order valence-corrected chi connectivity index (χ0v) is 12.8. The van der Waals surface area contributed by atoms with Crippen LogP contribution in [0.15, 0.2) is 53.0 Å². The van der Waals surface area contributed by atoms with E-state index in [1.165, 1.54) is 5.56 Å². The molecule has 0 saturated carbocycles. The number of carboxylic acid groups (broad SMARTS) is 1. The lowest BCUT2D eigenvalue weighted by Crippen LogP contribution is -2.20. The van der Waals surface area contributed by atoms with Crippen molar-refractivity contribution in [3.05, 3.63) is 64.1 Å². The van der Waals surface area contributed by atoms with Gasteiger partial charge in [0.1, 0.15) is 0 Å². The molecule has 2 aromatic rings. The summed E-state index contributed by atoms with van der Waals surface area (Å²) >= 11 is 3.30. The molecule has 20 heavy (non-hydrogen) atoms. The number of halogens is 1. The number of anilines is 1. The van der Waals surface area contributed by atoms with Crippen LogP contribution < -0.4 is 4.90 Å². The first-order valence-electron chi connectivity index (χ1n) is 6.36. The number of carboxylic acids is 1. The van der Waals surface area contributed by atoms with Gasteiger partial charge in [-0.1, -0.05) is 30.3 Å². The number of carbonyl (C=O) groups is 1. The molecule has 0 unspecified atom stereocenters. The number of likely N-dealkylation sites (N-methyl/N-ethyl adjacent to an activating group) is 1. The second kappa shape index (κ2) is 6.57. The molecule has 0 aliphatic carbocycles. The van der Waals surface area contributed by atoms with Crippen molar-refractivity contribution >= 4 is 27.6 Å². The quantitative estimate of drug-likeness (QED) is 0.904. The largest absolute Gasteiger partial charge is 0.478 e. The summed E-state index contributed by atoms with van der Waals surface area (Å²) in [6.07, 6.45) is 0.954. The molecule has 3 nitrogen and oxygen atoms in total. The van der Waals surface area contributed by atoms with E-state index in [1.54, 1.807) is 6.07 Å². The number of rotatable bonds is 5. The summed E-state index contributed by atoms with van der Waals surface area (Å²) in [5.41, 5.74) is 2.57. The Morgan fingerprint density at radius 3 is 2.50 bits per heavy atom. The monoisotopic (exact) mass is 333 g/mol. The normalized spacial score (nSPS) is 10.3. The molecule has 4 heteroatoms. The molecule has 104 valence electrons. The van der Waals surface area contributed by atoms with E-state index < -0.39 is 5.97 Å². The summed E-state index contributed by atoms with van der Waals surface area (Å²) in [6.45, 7) is 0.878. The molecule has 0 fully saturated rings. The molecule has 0 amide bonds. The van der Waals surface area contributed by atoms with Crippen molar-refractivity contribution in [2.45, 2.75) is 6.42 Å². The van der Waals surface area contributed by atoms with E-state index >= 15 is 0 Å². The molecule has 0 aliphatic heterocycles. The Kier molecular flexibility index (Phi) is 4.79. The minimum atomic E-state index is -0.921. The van der Waals surface area contributed by atoms with Crippen LogP contribution in [-0.4, -0.2) is 24.7 Å². The lowest BCUT2D eigenvalue weighted by atomic mass is 10.1. The summed E-state index contributed by atoms with van der Waals surface area (Å²) < 4.78 is 0.606. The van der Waals surface area contributed by atoms with E-state index in [2.05, 4.69) is 33.0 Å². The minimum absolute atomic E-state index is 0.283. The van der Waals surface area contributed by atoms with Gasteiger partial charge in [0.05, 0.1) is 5.56 Å². The van der Waals surface area contributed by atoms with E-state index in [0.29, 0.717) is 4.47 Å². The van der Waals surface area contributed by atoms with Crippen LogP contribution in [0.4, 0.5) is 5.69 Å². The number of hydrogen-bond acceptors (Lipinski definition) is 2. The molecule has 0 saturated heterocycles. The Balaban J connectivity index is 2.04. The lowest BCUT2D eigenvalue weighted by molar-refractivity contribution is 0.0696. The van der Waals surface area contributed by atoms with Crippen molar-refractivity contribution in [3.63, 3.8) is 0 Å². The van der Waals surface area contributed by atoms with Gasteiger partial charge < -0.3 is 10.0 Å². The summed E-state index contributed by atoms with van der Waals surface area (Å²) in [4.78, 5) is 13.1. The first-order valence-corrected chi connectivity index (χ1v) is 7.15. The van der Waals surface area contributed by atoms with Crippen LogP contribution in [0.1, 0.15) is 15.9 Å². The van der Waals surface area contributed by atoms with Crippen molar-refractivity contribution in [2.24, 2.45) is 0 Å². The number of benzene rings is 2. The predicted molar refractivity (Wildman–Crippen MR) is 84.5 cm³/mol. The average Bonchev–Trinajstić information content (AvgIpc) is 2.45. The van der Waals surface area contributed by atoms with E-state index in [1.807, 2.05) is 37.4 Å². The molecule has 0 heterocycles. The van der Waals surface area contributed by atoms with Crippen LogP contribution in [-0.2, 0) is 6.42 Å². The van der Waals surface area contributed by atoms with Crippen LogP contribution in [0, 0.1) is 0 Å². The third-order valence-electron chi connectivity index (χ3n) is 3.20. The molecule has 1 N–H and O–H groups in total. The molecule has 0 bridgehead atoms. The van der Waals surface area contributed by atoms with Gasteiger partial charge in [0.25, 0.3) is 0 Å². The van der Waals surface area contributed by atoms with E-state index in [-0.39, 0.29) is 5.56 Å². The van der Waals surface area contributed by atoms with E-state index in [0.717, 1.165) is 18.7 Å². The second-order valence-electron chi connectivity index (χ2n) is 4.63. The number of hydrogen-bond donors (Lipinski definition) is 1. The SMILES string of the molecule is CN(CCc1ccccc1)c1ccc(C(=O)O)c(Br)c1. The fraction of sp³-hybridized carbons (Fsp3) is 0.188. The van der Waals surface area contributed by atoms with Crippen LogP contribution in [0.25, 0.3) is 0 Å². The Bertz CT molecular complexity index is 599. The lowest BCUT2D eigenvalue weighted by Gasteiger charge is -2.20. The predicted octanol–water partition coefficient (Wildman–Crippen LogP) is 3.83. The van der Waals surface area contributed by atoms with Gasteiger partial charge in [0, 0.05) is 23.8 Å². The summed E-state index contributed by atoms with van der Waals surface area (Å²) in [5, 5.41) is 9.00. The van der Waals surface area contributed by atoms with Gasteiger partial charge in [-0.05, 0) is 46.1 Å². The van der Waals surface area contributed by atoms with Crippen LogP contribution >= 0.6 is 15.9 Å². The minimum Gasteiger partial charge on any atom is -0.478 e.